The van der Waals surface area contributed by atoms with Crippen molar-refractivity contribution in [2.45, 2.75) is 52.4 Å². The molecular weight excluding hydrogens is 182 g/mol. The van der Waals surface area contributed by atoms with Crippen LogP contribution in [0.1, 0.15) is 33.6 Å². The van der Waals surface area contributed by atoms with Crippen LogP contribution in [0, 0.1) is 0 Å². The zero-order valence-corrected chi connectivity index (χ0v) is 10.3. The lowest BCUT2D eigenvalue weighted by Crippen LogP contribution is -2.43. The molecule has 0 rings (SSSR count). The summed E-state index contributed by atoms with van der Waals surface area (Å²) in [6.07, 6.45) is 2.13. The van der Waals surface area contributed by atoms with Crippen LogP contribution in [0.15, 0.2) is 0 Å². The minimum atomic E-state index is -1.96. The van der Waals surface area contributed by atoms with Crippen LogP contribution in [0.3, 0.4) is 0 Å². The van der Waals surface area contributed by atoms with Crippen molar-refractivity contribution in [3.05, 3.63) is 0 Å². The van der Waals surface area contributed by atoms with Crippen molar-refractivity contribution in [2.24, 2.45) is 5.73 Å². The Hall–Kier alpha value is 0.0969. The van der Waals surface area contributed by atoms with Gasteiger partial charge in [-0.25, -0.2) is 0 Å². The van der Waals surface area contributed by atoms with Crippen molar-refractivity contribution in [3.63, 3.8) is 0 Å². The summed E-state index contributed by atoms with van der Waals surface area (Å²) in [5, 5.41) is 0. The number of hydrogen-bond donors (Lipinski definition) is 1. The van der Waals surface area contributed by atoms with E-state index in [4.69, 9.17) is 14.6 Å². The van der Waals surface area contributed by atoms with E-state index in [-0.39, 0.29) is 6.23 Å². The standard InChI is InChI=1S/C9H23NO2Si/c1-5-7-8-13(4,11-6-2)12-9(3)10/h9H,5-8,10H2,1-4H3. The van der Waals surface area contributed by atoms with Crippen LogP contribution in [-0.2, 0) is 8.85 Å². The Morgan fingerprint density at radius 2 is 2.00 bits per heavy atom. The van der Waals surface area contributed by atoms with Crippen molar-refractivity contribution >= 4 is 8.56 Å². The fourth-order valence-corrected chi connectivity index (χ4v) is 4.08. The predicted octanol–water partition coefficient (Wildman–Crippen LogP) is 2.22. The van der Waals surface area contributed by atoms with Gasteiger partial charge in [-0.3, -0.25) is 0 Å². The molecule has 0 aromatic heterocycles. The van der Waals surface area contributed by atoms with E-state index in [9.17, 15) is 0 Å². The summed E-state index contributed by atoms with van der Waals surface area (Å²) in [7, 11) is -1.96. The van der Waals surface area contributed by atoms with Crippen LogP contribution in [0.5, 0.6) is 0 Å². The third-order valence-corrected chi connectivity index (χ3v) is 4.90. The van der Waals surface area contributed by atoms with E-state index in [2.05, 4.69) is 13.5 Å². The van der Waals surface area contributed by atoms with Crippen molar-refractivity contribution in [2.75, 3.05) is 6.61 Å². The van der Waals surface area contributed by atoms with E-state index < -0.39 is 8.56 Å². The highest BCUT2D eigenvalue weighted by Crippen LogP contribution is 2.17. The maximum Gasteiger partial charge on any atom is 0.336 e. The lowest BCUT2D eigenvalue weighted by molar-refractivity contribution is 0.134. The van der Waals surface area contributed by atoms with Gasteiger partial charge in [-0.15, -0.1) is 0 Å². The topological polar surface area (TPSA) is 44.5 Å². The normalized spacial score (nSPS) is 18.2. The smallest absolute Gasteiger partial charge is 0.336 e. The van der Waals surface area contributed by atoms with E-state index in [0.29, 0.717) is 0 Å². The van der Waals surface area contributed by atoms with Crippen molar-refractivity contribution in [1.29, 1.82) is 0 Å². The van der Waals surface area contributed by atoms with Gasteiger partial charge >= 0.3 is 8.56 Å². The third-order valence-electron chi connectivity index (χ3n) is 1.87. The molecule has 0 aromatic carbocycles. The van der Waals surface area contributed by atoms with E-state index >= 15 is 0 Å². The molecular formula is C9H23NO2Si. The van der Waals surface area contributed by atoms with E-state index in [1.807, 2.05) is 13.8 Å². The second kappa shape index (κ2) is 6.54. The Balaban J connectivity index is 3.99. The number of nitrogens with two attached hydrogens (primary N) is 1. The summed E-state index contributed by atoms with van der Waals surface area (Å²) in [4.78, 5) is 0. The summed E-state index contributed by atoms with van der Waals surface area (Å²) in [5.41, 5.74) is 5.61. The van der Waals surface area contributed by atoms with Crippen LogP contribution in [0.25, 0.3) is 0 Å². The zero-order chi connectivity index (χ0) is 10.3. The molecule has 0 aliphatic heterocycles. The molecule has 0 heterocycles. The van der Waals surface area contributed by atoms with Gasteiger partial charge in [0.15, 0.2) is 0 Å². The molecule has 2 unspecified atom stereocenters. The summed E-state index contributed by atoms with van der Waals surface area (Å²) in [6.45, 7) is 8.85. The molecule has 0 fully saturated rings. The highest BCUT2D eigenvalue weighted by molar-refractivity contribution is 6.66. The first-order chi connectivity index (χ1) is 6.04. The Labute approximate surface area is 82.9 Å². The Bertz CT molecular complexity index is 133. The van der Waals surface area contributed by atoms with Crippen LogP contribution in [0.4, 0.5) is 0 Å². The van der Waals surface area contributed by atoms with Gasteiger partial charge in [-0.1, -0.05) is 19.8 Å². The second-order valence-corrected chi connectivity index (χ2v) is 6.79. The molecule has 0 radical (unpaired) electrons. The molecule has 0 saturated heterocycles. The van der Waals surface area contributed by atoms with Crippen molar-refractivity contribution < 1.29 is 8.85 Å². The van der Waals surface area contributed by atoms with E-state index in [0.717, 1.165) is 19.1 Å². The second-order valence-electron chi connectivity index (χ2n) is 3.49. The monoisotopic (exact) mass is 205 g/mol. The van der Waals surface area contributed by atoms with Gasteiger partial charge in [0.25, 0.3) is 0 Å². The van der Waals surface area contributed by atoms with E-state index in [1.165, 1.54) is 6.42 Å². The molecule has 2 atom stereocenters. The number of hydrogen-bond acceptors (Lipinski definition) is 3. The minimum absolute atomic E-state index is 0.208. The van der Waals surface area contributed by atoms with Crippen LogP contribution in [-0.4, -0.2) is 21.4 Å². The van der Waals surface area contributed by atoms with Gasteiger partial charge < -0.3 is 14.6 Å². The molecule has 80 valence electrons. The van der Waals surface area contributed by atoms with Crippen LogP contribution >= 0.6 is 0 Å². The highest BCUT2D eigenvalue weighted by atomic mass is 28.4. The summed E-state index contributed by atoms with van der Waals surface area (Å²) in [5.74, 6) is 0. The Morgan fingerprint density at radius 1 is 1.38 bits per heavy atom. The van der Waals surface area contributed by atoms with Crippen LogP contribution < -0.4 is 5.73 Å². The highest BCUT2D eigenvalue weighted by Gasteiger charge is 2.31. The first-order valence-corrected chi connectivity index (χ1v) is 7.63. The molecule has 0 saturated carbocycles. The molecule has 4 heteroatoms. The first-order valence-electron chi connectivity index (χ1n) is 5.11. The van der Waals surface area contributed by atoms with Gasteiger partial charge in [0.1, 0.15) is 0 Å². The van der Waals surface area contributed by atoms with E-state index in [1.54, 1.807) is 0 Å². The maximum atomic E-state index is 5.68. The molecule has 0 spiro atoms. The minimum Gasteiger partial charge on any atom is -0.395 e. The molecule has 3 nitrogen and oxygen atoms in total. The molecule has 0 aliphatic carbocycles. The number of rotatable bonds is 7. The molecule has 0 aliphatic rings. The van der Waals surface area contributed by atoms with Gasteiger partial charge in [-0.2, -0.15) is 0 Å². The number of unbranched alkanes of at least 4 members (excludes halogenated alkanes) is 1. The Kier molecular flexibility index (Phi) is 6.58. The average molecular weight is 205 g/mol. The van der Waals surface area contributed by atoms with Crippen molar-refractivity contribution in [1.82, 2.24) is 0 Å². The SMILES string of the molecule is CCCC[Si](C)(OCC)OC(C)N. The quantitative estimate of drug-likeness (QED) is 0.512. The third kappa shape index (κ3) is 6.21. The maximum absolute atomic E-state index is 5.68. The lowest BCUT2D eigenvalue weighted by atomic mass is 10.4. The zero-order valence-electron chi connectivity index (χ0n) is 9.30. The lowest BCUT2D eigenvalue weighted by Gasteiger charge is -2.28. The fraction of sp³-hybridized carbons (Fsp3) is 1.00. The van der Waals surface area contributed by atoms with Crippen molar-refractivity contribution in [3.8, 4) is 0 Å². The average Bonchev–Trinajstić information content (AvgIpc) is 2.00. The van der Waals surface area contributed by atoms with Gasteiger partial charge in [-0.05, 0) is 26.4 Å². The molecule has 0 aromatic rings. The first kappa shape index (κ1) is 13.1. The van der Waals surface area contributed by atoms with Gasteiger partial charge in [0.2, 0.25) is 0 Å². The summed E-state index contributed by atoms with van der Waals surface area (Å²) in [6, 6.07) is 1.04. The van der Waals surface area contributed by atoms with Gasteiger partial charge in [0, 0.05) is 6.61 Å². The summed E-state index contributed by atoms with van der Waals surface area (Å²) < 4.78 is 11.4. The summed E-state index contributed by atoms with van der Waals surface area (Å²) >= 11 is 0. The molecule has 2 N–H and O–H groups in total. The predicted molar refractivity (Wildman–Crippen MR) is 57.7 cm³/mol. The largest absolute Gasteiger partial charge is 0.395 e. The van der Waals surface area contributed by atoms with Gasteiger partial charge in [0.05, 0.1) is 6.23 Å². The molecule has 13 heavy (non-hydrogen) atoms. The molecule has 0 bridgehead atoms. The van der Waals surface area contributed by atoms with Crippen LogP contribution in [0.2, 0.25) is 12.6 Å². The fourth-order valence-electron chi connectivity index (χ4n) is 1.36. The Morgan fingerprint density at radius 3 is 2.38 bits per heavy atom. The molecule has 0 amide bonds.